The first-order valence-electron chi connectivity index (χ1n) is 6.51. The molecule has 1 N–H and O–H groups in total. The molecule has 1 aromatic carbocycles. The summed E-state index contributed by atoms with van der Waals surface area (Å²) in [6.45, 7) is 10.8. The minimum absolute atomic E-state index is 0.0420. The first kappa shape index (κ1) is 15.4. The quantitative estimate of drug-likeness (QED) is 0.828. The summed E-state index contributed by atoms with van der Waals surface area (Å²) < 4.78 is 0. The lowest BCUT2D eigenvalue weighted by Gasteiger charge is -2.22. The Bertz CT molecular complexity index is 429. The molecule has 0 aromatic heterocycles. The van der Waals surface area contributed by atoms with E-state index < -0.39 is 0 Å². The third-order valence-electron chi connectivity index (χ3n) is 3.00. The van der Waals surface area contributed by atoms with Crippen molar-refractivity contribution < 1.29 is 9.90 Å². The number of aliphatic hydroxyl groups excluding tert-OH is 1. The number of hydrogen-bond acceptors (Lipinski definition) is 2. The van der Waals surface area contributed by atoms with Crippen molar-refractivity contribution in [3.8, 4) is 0 Å². The van der Waals surface area contributed by atoms with Gasteiger partial charge >= 0.3 is 0 Å². The van der Waals surface area contributed by atoms with E-state index in [2.05, 4.69) is 27.4 Å². The molecule has 0 radical (unpaired) electrons. The van der Waals surface area contributed by atoms with Crippen LogP contribution in [0.2, 0.25) is 0 Å². The van der Waals surface area contributed by atoms with Crippen LogP contribution in [0.1, 0.15) is 36.7 Å². The highest BCUT2D eigenvalue weighted by atomic mass is 16.3. The van der Waals surface area contributed by atoms with Gasteiger partial charge in [-0.15, -0.1) is 6.58 Å². The molecule has 3 nitrogen and oxygen atoms in total. The lowest BCUT2D eigenvalue weighted by Crippen LogP contribution is -2.33. The van der Waals surface area contributed by atoms with E-state index in [-0.39, 0.29) is 17.9 Å². The van der Waals surface area contributed by atoms with Gasteiger partial charge in [0.25, 0.3) is 5.91 Å². The van der Waals surface area contributed by atoms with Crippen LogP contribution in [0.25, 0.3) is 0 Å². The standard InChI is InChI=1S/C16H23NO2/c1-5-10-17(11-12-18)15(19)13-6-8-14(9-7-13)16(2,3)4/h5-9,18H,1,10-12H2,2-4H3. The van der Waals surface area contributed by atoms with Gasteiger partial charge in [-0.25, -0.2) is 0 Å². The van der Waals surface area contributed by atoms with Crippen LogP contribution >= 0.6 is 0 Å². The Kier molecular flexibility index (Phi) is 5.31. The van der Waals surface area contributed by atoms with Gasteiger partial charge < -0.3 is 10.0 Å². The molecule has 0 aliphatic heterocycles. The maximum Gasteiger partial charge on any atom is 0.254 e. The second-order valence-corrected chi connectivity index (χ2v) is 5.59. The number of benzene rings is 1. The van der Waals surface area contributed by atoms with Crippen LogP contribution in [0.5, 0.6) is 0 Å². The fourth-order valence-electron chi connectivity index (χ4n) is 1.85. The minimum Gasteiger partial charge on any atom is -0.395 e. The van der Waals surface area contributed by atoms with Crippen molar-refractivity contribution in [2.75, 3.05) is 19.7 Å². The van der Waals surface area contributed by atoms with Crippen LogP contribution in [-0.2, 0) is 5.41 Å². The van der Waals surface area contributed by atoms with Crippen molar-refractivity contribution in [3.63, 3.8) is 0 Å². The van der Waals surface area contributed by atoms with Crippen LogP contribution in [0.4, 0.5) is 0 Å². The summed E-state index contributed by atoms with van der Waals surface area (Å²) in [6, 6.07) is 7.66. The highest BCUT2D eigenvalue weighted by molar-refractivity contribution is 5.94. The van der Waals surface area contributed by atoms with Crippen molar-refractivity contribution in [2.24, 2.45) is 0 Å². The number of carbonyl (C=O) groups is 1. The zero-order valence-corrected chi connectivity index (χ0v) is 12.0. The molecule has 0 atom stereocenters. The van der Waals surface area contributed by atoms with Gasteiger partial charge in [-0.05, 0) is 23.1 Å². The monoisotopic (exact) mass is 261 g/mol. The lowest BCUT2D eigenvalue weighted by molar-refractivity contribution is 0.0743. The molecular formula is C16H23NO2. The molecule has 0 aliphatic carbocycles. The molecule has 0 spiro atoms. The largest absolute Gasteiger partial charge is 0.395 e. The molecule has 0 heterocycles. The van der Waals surface area contributed by atoms with E-state index in [9.17, 15) is 4.79 Å². The molecule has 3 heteroatoms. The first-order chi connectivity index (χ1) is 8.90. The number of aliphatic hydroxyl groups is 1. The fraction of sp³-hybridized carbons (Fsp3) is 0.438. The molecule has 19 heavy (non-hydrogen) atoms. The number of carbonyl (C=O) groups excluding carboxylic acids is 1. The average molecular weight is 261 g/mol. The Balaban J connectivity index is 2.90. The summed E-state index contributed by atoms with van der Waals surface area (Å²) in [5, 5.41) is 8.98. The van der Waals surface area contributed by atoms with E-state index in [1.807, 2.05) is 24.3 Å². The smallest absolute Gasteiger partial charge is 0.254 e. The van der Waals surface area contributed by atoms with Crippen molar-refractivity contribution >= 4 is 5.91 Å². The lowest BCUT2D eigenvalue weighted by atomic mass is 9.86. The Morgan fingerprint density at radius 3 is 2.32 bits per heavy atom. The summed E-state index contributed by atoms with van der Waals surface area (Å²) in [5.41, 5.74) is 1.91. The molecule has 1 aromatic rings. The highest BCUT2D eigenvalue weighted by Crippen LogP contribution is 2.22. The molecule has 0 aliphatic rings. The van der Waals surface area contributed by atoms with Gasteiger partial charge in [-0.1, -0.05) is 39.0 Å². The van der Waals surface area contributed by atoms with E-state index in [0.29, 0.717) is 18.7 Å². The molecular weight excluding hydrogens is 238 g/mol. The van der Waals surface area contributed by atoms with Gasteiger partial charge in [0, 0.05) is 18.7 Å². The highest BCUT2D eigenvalue weighted by Gasteiger charge is 2.17. The number of rotatable bonds is 5. The van der Waals surface area contributed by atoms with Crippen LogP contribution in [-0.4, -0.2) is 35.6 Å². The van der Waals surface area contributed by atoms with Gasteiger partial charge in [-0.2, -0.15) is 0 Å². The van der Waals surface area contributed by atoms with Crippen LogP contribution in [0, 0.1) is 0 Å². The first-order valence-corrected chi connectivity index (χ1v) is 6.51. The van der Waals surface area contributed by atoms with Gasteiger partial charge in [0.05, 0.1) is 6.61 Å². The molecule has 0 bridgehead atoms. The van der Waals surface area contributed by atoms with Crippen molar-refractivity contribution in [1.82, 2.24) is 4.90 Å². The molecule has 0 saturated carbocycles. The molecule has 0 saturated heterocycles. The van der Waals surface area contributed by atoms with Crippen molar-refractivity contribution in [3.05, 3.63) is 48.0 Å². The van der Waals surface area contributed by atoms with Crippen LogP contribution in [0.15, 0.2) is 36.9 Å². The predicted octanol–water partition coefficient (Wildman–Crippen LogP) is 2.60. The van der Waals surface area contributed by atoms with E-state index in [4.69, 9.17) is 5.11 Å². The Morgan fingerprint density at radius 2 is 1.89 bits per heavy atom. The SMILES string of the molecule is C=CCN(CCO)C(=O)c1ccc(C(C)(C)C)cc1. The van der Waals surface area contributed by atoms with Gasteiger partial charge in [-0.3, -0.25) is 4.79 Å². The molecule has 1 rings (SSSR count). The second-order valence-electron chi connectivity index (χ2n) is 5.59. The summed E-state index contributed by atoms with van der Waals surface area (Å²) >= 11 is 0. The van der Waals surface area contributed by atoms with E-state index in [1.165, 1.54) is 5.56 Å². The molecule has 0 unspecified atom stereocenters. The van der Waals surface area contributed by atoms with E-state index in [1.54, 1.807) is 11.0 Å². The number of nitrogens with zero attached hydrogens (tertiary/aromatic N) is 1. The summed E-state index contributed by atoms with van der Waals surface area (Å²) in [7, 11) is 0. The predicted molar refractivity (Wildman–Crippen MR) is 78.3 cm³/mol. The summed E-state index contributed by atoms with van der Waals surface area (Å²) in [6.07, 6.45) is 1.66. The maximum atomic E-state index is 12.3. The molecule has 0 fully saturated rings. The Labute approximate surface area is 115 Å². The molecule has 104 valence electrons. The fourth-order valence-corrected chi connectivity index (χ4v) is 1.85. The van der Waals surface area contributed by atoms with Gasteiger partial charge in [0.15, 0.2) is 0 Å². The van der Waals surface area contributed by atoms with Crippen molar-refractivity contribution in [1.29, 1.82) is 0 Å². The maximum absolute atomic E-state index is 12.3. The zero-order chi connectivity index (χ0) is 14.5. The third-order valence-corrected chi connectivity index (χ3v) is 3.00. The zero-order valence-electron chi connectivity index (χ0n) is 12.0. The van der Waals surface area contributed by atoms with E-state index in [0.717, 1.165) is 0 Å². The van der Waals surface area contributed by atoms with Crippen molar-refractivity contribution in [2.45, 2.75) is 26.2 Å². The summed E-state index contributed by atoms with van der Waals surface area (Å²) in [5.74, 6) is -0.0746. The Hall–Kier alpha value is -1.61. The minimum atomic E-state index is -0.0746. The van der Waals surface area contributed by atoms with Crippen LogP contribution < -0.4 is 0 Å². The normalized spacial score (nSPS) is 11.2. The van der Waals surface area contributed by atoms with Gasteiger partial charge in [0.2, 0.25) is 0 Å². The Morgan fingerprint density at radius 1 is 1.32 bits per heavy atom. The topological polar surface area (TPSA) is 40.5 Å². The summed E-state index contributed by atoms with van der Waals surface area (Å²) in [4.78, 5) is 13.8. The molecule has 1 amide bonds. The van der Waals surface area contributed by atoms with E-state index >= 15 is 0 Å². The average Bonchev–Trinajstić information content (AvgIpc) is 2.37. The number of hydrogen-bond donors (Lipinski definition) is 1. The number of amides is 1. The second kappa shape index (κ2) is 6.53. The van der Waals surface area contributed by atoms with Gasteiger partial charge in [0.1, 0.15) is 0 Å². The third kappa shape index (κ3) is 4.21. The van der Waals surface area contributed by atoms with Crippen LogP contribution in [0.3, 0.4) is 0 Å².